The molecule has 0 saturated carbocycles. The molecule has 0 aliphatic carbocycles. The average Bonchev–Trinajstić information content (AvgIpc) is 2.65. The fraction of sp³-hybridized carbons (Fsp3) is 1.00. The molecule has 0 aromatic carbocycles. The van der Waals surface area contributed by atoms with Crippen LogP contribution in [0.1, 0.15) is 52.9 Å². The third kappa shape index (κ3) is 5.02. The summed E-state index contributed by atoms with van der Waals surface area (Å²) in [7, 11) is -3.46. The van der Waals surface area contributed by atoms with Gasteiger partial charge in [-0.2, -0.15) is 17.4 Å². The largest absolute Gasteiger partial charge is 0.389 e. The maximum atomic E-state index is 12.2. The summed E-state index contributed by atoms with van der Waals surface area (Å²) >= 11 is 0. The Labute approximate surface area is 117 Å². The molecule has 0 radical (unpaired) electrons. The number of hydrogen-bond acceptors (Lipinski definition) is 3. The van der Waals surface area contributed by atoms with Crippen molar-refractivity contribution in [2.24, 2.45) is 5.92 Å². The number of rotatable bonds is 6. The highest BCUT2D eigenvalue weighted by Crippen LogP contribution is 2.20. The molecule has 0 aromatic heterocycles. The van der Waals surface area contributed by atoms with E-state index in [1.165, 1.54) is 4.31 Å². The Bertz CT molecular complexity index is 360. The van der Waals surface area contributed by atoms with Crippen LogP contribution in [0.3, 0.4) is 0 Å². The smallest absolute Gasteiger partial charge is 0.279 e. The van der Waals surface area contributed by atoms with Gasteiger partial charge in [0.15, 0.2) is 0 Å². The van der Waals surface area contributed by atoms with Crippen molar-refractivity contribution in [2.45, 2.75) is 58.5 Å². The summed E-state index contributed by atoms with van der Waals surface area (Å²) in [5.41, 5.74) is -1.01. The van der Waals surface area contributed by atoms with E-state index >= 15 is 0 Å². The van der Waals surface area contributed by atoms with Gasteiger partial charge in [0.25, 0.3) is 10.2 Å². The number of hydrogen-bond donors (Lipinski definition) is 2. The van der Waals surface area contributed by atoms with Crippen molar-refractivity contribution in [1.82, 2.24) is 9.03 Å². The van der Waals surface area contributed by atoms with Crippen LogP contribution in [0.5, 0.6) is 0 Å². The Hall–Kier alpha value is -0.170. The first-order chi connectivity index (χ1) is 8.79. The molecule has 2 atom stereocenters. The van der Waals surface area contributed by atoms with Crippen molar-refractivity contribution in [3.8, 4) is 0 Å². The minimum absolute atomic E-state index is 0.0549. The molecule has 0 amide bonds. The molecule has 2 N–H and O–H groups in total. The normalized spacial score (nSPS) is 23.6. The molecule has 2 unspecified atom stereocenters. The summed E-state index contributed by atoms with van der Waals surface area (Å²) in [4.78, 5) is 0. The van der Waals surface area contributed by atoms with Crippen LogP contribution in [0.25, 0.3) is 0 Å². The van der Waals surface area contributed by atoms with E-state index in [4.69, 9.17) is 0 Å². The lowest BCUT2D eigenvalue weighted by atomic mass is 9.89. The highest BCUT2D eigenvalue weighted by atomic mass is 32.2. The lowest BCUT2D eigenvalue weighted by molar-refractivity contribution is 0.00988. The Morgan fingerprint density at radius 3 is 2.26 bits per heavy atom. The first kappa shape index (κ1) is 16.9. The fourth-order valence-corrected chi connectivity index (χ4v) is 3.62. The van der Waals surface area contributed by atoms with Gasteiger partial charge in [-0.25, -0.2) is 0 Å². The molecule has 114 valence electrons. The third-order valence-corrected chi connectivity index (χ3v) is 5.75. The van der Waals surface area contributed by atoms with E-state index in [1.54, 1.807) is 6.92 Å². The maximum Gasteiger partial charge on any atom is 0.279 e. The van der Waals surface area contributed by atoms with Crippen LogP contribution in [0.4, 0.5) is 0 Å². The van der Waals surface area contributed by atoms with E-state index in [0.717, 1.165) is 32.1 Å². The Morgan fingerprint density at radius 1 is 1.26 bits per heavy atom. The number of aliphatic hydroxyl groups is 1. The zero-order valence-corrected chi connectivity index (χ0v) is 13.2. The molecule has 1 rings (SSSR count). The number of nitrogens with one attached hydrogen (secondary N) is 1. The van der Waals surface area contributed by atoms with Gasteiger partial charge in [0.2, 0.25) is 0 Å². The van der Waals surface area contributed by atoms with Crippen molar-refractivity contribution in [3.63, 3.8) is 0 Å². The van der Waals surface area contributed by atoms with E-state index in [1.807, 2.05) is 13.8 Å². The minimum atomic E-state index is -3.46. The minimum Gasteiger partial charge on any atom is -0.389 e. The highest BCUT2D eigenvalue weighted by Gasteiger charge is 2.30. The number of nitrogens with zero attached hydrogens (tertiary/aromatic N) is 1. The third-order valence-electron chi connectivity index (χ3n) is 4.19. The van der Waals surface area contributed by atoms with Crippen LogP contribution in [-0.2, 0) is 10.2 Å². The maximum absolute atomic E-state index is 12.2. The Morgan fingerprint density at radius 2 is 1.79 bits per heavy atom. The molecule has 1 aliphatic heterocycles. The fourth-order valence-electron chi connectivity index (χ4n) is 2.22. The van der Waals surface area contributed by atoms with Gasteiger partial charge in [0.1, 0.15) is 0 Å². The monoisotopic (exact) mass is 292 g/mol. The van der Waals surface area contributed by atoms with Crippen LogP contribution < -0.4 is 4.72 Å². The van der Waals surface area contributed by atoms with Gasteiger partial charge >= 0.3 is 0 Å². The summed E-state index contributed by atoms with van der Waals surface area (Å²) in [5.74, 6) is 0.0549. The van der Waals surface area contributed by atoms with Gasteiger partial charge in [-0.05, 0) is 25.7 Å². The van der Waals surface area contributed by atoms with Gasteiger partial charge in [-0.1, -0.05) is 33.1 Å². The predicted octanol–water partition coefficient (Wildman–Crippen LogP) is 1.49. The van der Waals surface area contributed by atoms with Gasteiger partial charge in [-0.3, -0.25) is 0 Å². The SMILES string of the molecule is CCC(C)C(C)(O)CNS(=O)(=O)N1CCCCCC1. The second-order valence-electron chi connectivity index (χ2n) is 5.81. The summed E-state index contributed by atoms with van der Waals surface area (Å²) in [6.07, 6.45) is 4.84. The van der Waals surface area contributed by atoms with Crippen molar-refractivity contribution in [3.05, 3.63) is 0 Å². The second-order valence-corrected chi connectivity index (χ2v) is 7.56. The Balaban J connectivity index is 2.59. The first-order valence-corrected chi connectivity index (χ1v) is 8.70. The molecule has 1 fully saturated rings. The molecular formula is C13H28N2O3S. The topological polar surface area (TPSA) is 69.6 Å². The van der Waals surface area contributed by atoms with Crippen LogP contribution in [-0.4, -0.2) is 43.1 Å². The Kier molecular flexibility index (Phi) is 6.23. The summed E-state index contributed by atoms with van der Waals surface area (Å²) in [6.45, 7) is 6.84. The first-order valence-electron chi connectivity index (χ1n) is 7.26. The van der Waals surface area contributed by atoms with Crippen LogP contribution in [0, 0.1) is 5.92 Å². The molecule has 0 aromatic rings. The van der Waals surface area contributed by atoms with Crippen molar-refractivity contribution in [2.75, 3.05) is 19.6 Å². The molecule has 1 saturated heterocycles. The summed E-state index contributed by atoms with van der Waals surface area (Å²) in [5, 5.41) is 10.3. The van der Waals surface area contributed by atoms with Gasteiger partial charge in [-0.15, -0.1) is 0 Å². The van der Waals surface area contributed by atoms with Crippen molar-refractivity contribution < 1.29 is 13.5 Å². The van der Waals surface area contributed by atoms with Gasteiger partial charge in [0, 0.05) is 19.6 Å². The van der Waals surface area contributed by atoms with E-state index in [0.29, 0.717) is 13.1 Å². The van der Waals surface area contributed by atoms with E-state index in [-0.39, 0.29) is 12.5 Å². The highest BCUT2D eigenvalue weighted by molar-refractivity contribution is 7.87. The zero-order chi connectivity index (χ0) is 14.5. The molecule has 1 aliphatic rings. The molecule has 6 heteroatoms. The van der Waals surface area contributed by atoms with E-state index in [2.05, 4.69) is 4.72 Å². The van der Waals surface area contributed by atoms with Crippen molar-refractivity contribution >= 4 is 10.2 Å². The predicted molar refractivity (Wildman–Crippen MR) is 77.0 cm³/mol. The van der Waals surface area contributed by atoms with Crippen LogP contribution >= 0.6 is 0 Å². The quantitative estimate of drug-likeness (QED) is 0.779. The molecule has 5 nitrogen and oxygen atoms in total. The van der Waals surface area contributed by atoms with Crippen LogP contribution in [0.2, 0.25) is 0 Å². The van der Waals surface area contributed by atoms with E-state index < -0.39 is 15.8 Å². The van der Waals surface area contributed by atoms with E-state index in [9.17, 15) is 13.5 Å². The molecule has 1 heterocycles. The van der Waals surface area contributed by atoms with Crippen LogP contribution in [0.15, 0.2) is 0 Å². The van der Waals surface area contributed by atoms with Crippen molar-refractivity contribution in [1.29, 1.82) is 0 Å². The van der Waals surface area contributed by atoms with Gasteiger partial charge < -0.3 is 5.11 Å². The molecular weight excluding hydrogens is 264 g/mol. The lowest BCUT2D eigenvalue weighted by Gasteiger charge is -2.31. The molecule has 0 bridgehead atoms. The standard InChI is InChI=1S/C13H28N2O3S/c1-4-12(2)13(3,16)11-14-19(17,18)15-9-7-5-6-8-10-15/h12,14,16H,4-11H2,1-3H3. The summed E-state index contributed by atoms with van der Waals surface area (Å²) < 4.78 is 28.5. The second kappa shape index (κ2) is 7.02. The molecule has 0 spiro atoms. The average molecular weight is 292 g/mol. The lowest BCUT2D eigenvalue weighted by Crippen LogP contribution is -2.49. The summed E-state index contributed by atoms with van der Waals surface area (Å²) in [6, 6.07) is 0. The molecule has 19 heavy (non-hydrogen) atoms. The van der Waals surface area contributed by atoms with Gasteiger partial charge in [0.05, 0.1) is 5.60 Å². The zero-order valence-electron chi connectivity index (χ0n) is 12.4.